The standard InChI is InChI=1S/C35H27F9O2/c1-2-3-20-4-6-21(7-5-20)22-8-10-23(11-9-22)24-12-14-27(28(36)16-24)25-17-30(38)33(31(39)18-25)34(40,41)45-26-13-15-32(29(37)19-26)46-35(42,43)44/h2-3,8-21H,4-7H2,1H3. The quantitative estimate of drug-likeness (QED) is 0.140. The Labute approximate surface area is 259 Å². The van der Waals surface area contributed by atoms with Crippen LogP contribution in [0.1, 0.15) is 49.7 Å². The van der Waals surface area contributed by atoms with Gasteiger partial charge in [0, 0.05) is 11.6 Å². The molecule has 0 unspecified atom stereocenters. The molecule has 4 aromatic carbocycles. The second-order valence-electron chi connectivity index (χ2n) is 11.0. The van der Waals surface area contributed by atoms with Gasteiger partial charge >= 0.3 is 12.5 Å². The van der Waals surface area contributed by atoms with Gasteiger partial charge in [0.2, 0.25) is 0 Å². The van der Waals surface area contributed by atoms with E-state index in [1.807, 2.05) is 31.2 Å². The Bertz CT molecular complexity index is 1700. The van der Waals surface area contributed by atoms with Crippen LogP contribution in [-0.4, -0.2) is 6.36 Å². The van der Waals surface area contributed by atoms with Crippen molar-refractivity contribution in [3.63, 3.8) is 0 Å². The van der Waals surface area contributed by atoms with Gasteiger partial charge < -0.3 is 9.47 Å². The summed E-state index contributed by atoms with van der Waals surface area (Å²) in [5.41, 5.74) is -0.0723. The number of rotatable bonds is 8. The summed E-state index contributed by atoms with van der Waals surface area (Å²) in [4.78, 5) is 0. The number of alkyl halides is 5. The van der Waals surface area contributed by atoms with Gasteiger partial charge in [-0.15, -0.1) is 13.2 Å². The first-order valence-corrected chi connectivity index (χ1v) is 14.4. The van der Waals surface area contributed by atoms with Crippen LogP contribution < -0.4 is 9.47 Å². The van der Waals surface area contributed by atoms with Gasteiger partial charge in [-0.3, -0.25) is 0 Å². The molecule has 1 fully saturated rings. The van der Waals surface area contributed by atoms with Crippen molar-refractivity contribution >= 4 is 0 Å². The Morgan fingerprint density at radius 2 is 1.24 bits per heavy atom. The minimum atomic E-state index is -5.25. The van der Waals surface area contributed by atoms with Crippen molar-refractivity contribution in [1.29, 1.82) is 0 Å². The lowest BCUT2D eigenvalue weighted by molar-refractivity contribution is -0.275. The van der Waals surface area contributed by atoms with Crippen LogP contribution >= 0.6 is 0 Å². The highest BCUT2D eigenvalue weighted by Gasteiger charge is 2.42. The van der Waals surface area contributed by atoms with Crippen LogP contribution in [0.2, 0.25) is 0 Å². The van der Waals surface area contributed by atoms with Crippen LogP contribution in [0, 0.1) is 29.2 Å². The molecule has 0 aliphatic heterocycles. The predicted molar refractivity (Wildman–Crippen MR) is 154 cm³/mol. The highest BCUT2D eigenvalue weighted by atomic mass is 19.4. The fourth-order valence-electron chi connectivity index (χ4n) is 5.75. The predicted octanol–water partition coefficient (Wildman–Crippen LogP) is 11.5. The topological polar surface area (TPSA) is 18.5 Å². The van der Waals surface area contributed by atoms with Gasteiger partial charge in [0.25, 0.3) is 0 Å². The van der Waals surface area contributed by atoms with E-state index in [2.05, 4.69) is 21.6 Å². The van der Waals surface area contributed by atoms with E-state index in [1.165, 1.54) is 23.8 Å². The summed E-state index contributed by atoms with van der Waals surface area (Å²) in [5.74, 6) is -7.46. The van der Waals surface area contributed by atoms with E-state index in [4.69, 9.17) is 0 Å². The van der Waals surface area contributed by atoms with Gasteiger partial charge in [0.15, 0.2) is 11.6 Å². The molecule has 0 atom stereocenters. The Kier molecular flexibility index (Phi) is 9.42. The number of ether oxygens (including phenoxy) is 2. The maximum absolute atomic E-state index is 15.2. The summed E-state index contributed by atoms with van der Waals surface area (Å²) in [6.07, 6.45) is -1.26. The minimum absolute atomic E-state index is 0.139. The number of allylic oxidation sites excluding steroid dienone is 2. The summed E-state index contributed by atoms with van der Waals surface area (Å²) < 4.78 is 133. The third kappa shape index (κ3) is 7.51. The molecule has 1 aliphatic carbocycles. The lowest BCUT2D eigenvalue weighted by Crippen LogP contribution is -2.25. The van der Waals surface area contributed by atoms with Crippen molar-refractivity contribution in [3.05, 3.63) is 119 Å². The van der Waals surface area contributed by atoms with Crippen molar-refractivity contribution in [1.82, 2.24) is 0 Å². The Morgan fingerprint density at radius 1 is 0.630 bits per heavy atom. The van der Waals surface area contributed by atoms with Gasteiger partial charge in [-0.1, -0.05) is 48.6 Å². The Morgan fingerprint density at radius 3 is 1.80 bits per heavy atom. The van der Waals surface area contributed by atoms with Crippen LogP contribution in [-0.2, 0) is 6.11 Å². The van der Waals surface area contributed by atoms with Crippen LogP contribution in [0.15, 0.2) is 84.9 Å². The zero-order chi connectivity index (χ0) is 33.2. The fourth-order valence-corrected chi connectivity index (χ4v) is 5.75. The summed E-state index contributed by atoms with van der Waals surface area (Å²) in [6.45, 7) is 2.02. The SMILES string of the molecule is CC=CC1CCC(c2ccc(-c3ccc(-c4cc(F)c(C(F)(F)Oc5ccc(OC(F)(F)F)c(F)c5)c(F)c4)c(F)c3)cc2)CC1. The molecule has 5 rings (SSSR count). The molecule has 0 saturated heterocycles. The molecule has 1 aliphatic rings. The molecular weight excluding hydrogens is 623 g/mol. The summed E-state index contributed by atoms with van der Waals surface area (Å²) in [7, 11) is 0. The zero-order valence-electron chi connectivity index (χ0n) is 24.3. The molecule has 46 heavy (non-hydrogen) atoms. The minimum Gasteiger partial charge on any atom is -0.429 e. The number of benzene rings is 4. The van der Waals surface area contributed by atoms with Crippen molar-refractivity contribution in [2.24, 2.45) is 5.92 Å². The zero-order valence-corrected chi connectivity index (χ0v) is 24.3. The maximum atomic E-state index is 15.2. The second-order valence-corrected chi connectivity index (χ2v) is 11.0. The molecule has 242 valence electrons. The third-order valence-electron chi connectivity index (χ3n) is 7.94. The van der Waals surface area contributed by atoms with Gasteiger partial charge in [0.05, 0.1) is 0 Å². The van der Waals surface area contributed by atoms with Crippen molar-refractivity contribution < 1.29 is 49.0 Å². The van der Waals surface area contributed by atoms with E-state index in [-0.39, 0.29) is 17.2 Å². The molecule has 0 aromatic heterocycles. The fraction of sp³-hybridized carbons (Fsp3) is 0.257. The third-order valence-corrected chi connectivity index (χ3v) is 7.94. The monoisotopic (exact) mass is 650 g/mol. The Hall–Kier alpha value is -4.41. The first-order chi connectivity index (χ1) is 21.7. The average molecular weight is 651 g/mol. The Balaban J connectivity index is 1.32. The first kappa shape index (κ1) is 33.0. The van der Waals surface area contributed by atoms with Crippen molar-refractivity contribution in [3.8, 4) is 33.8 Å². The van der Waals surface area contributed by atoms with Gasteiger partial charge in [-0.2, -0.15) is 8.78 Å². The van der Waals surface area contributed by atoms with Crippen molar-refractivity contribution in [2.75, 3.05) is 0 Å². The molecule has 11 heteroatoms. The lowest BCUT2D eigenvalue weighted by atomic mass is 9.78. The molecule has 2 nitrogen and oxygen atoms in total. The molecule has 0 radical (unpaired) electrons. The molecule has 0 heterocycles. The van der Waals surface area contributed by atoms with Crippen LogP contribution in [0.3, 0.4) is 0 Å². The summed E-state index contributed by atoms with van der Waals surface area (Å²) >= 11 is 0. The summed E-state index contributed by atoms with van der Waals surface area (Å²) in [5, 5.41) is 0. The van der Waals surface area contributed by atoms with E-state index < -0.39 is 52.8 Å². The normalized spacial score (nSPS) is 17.3. The van der Waals surface area contributed by atoms with E-state index in [0.717, 1.165) is 31.2 Å². The van der Waals surface area contributed by atoms with E-state index in [9.17, 15) is 35.1 Å². The van der Waals surface area contributed by atoms with E-state index in [1.54, 1.807) is 0 Å². The van der Waals surface area contributed by atoms with Crippen molar-refractivity contribution in [2.45, 2.75) is 51.0 Å². The van der Waals surface area contributed by atoms with Crippen LogP contribution in [0.25, 0.3) is 22.3 Å². The van der Waals surface area contributed by atoms with E-state index in [0.29, 0.717) is 41.7 Å². The second kappa shape index (κ2) is 13.1. The first-order valence-electron chi connectivity index (χ1n) is 14.4. The average Bonchev–Trinajstić information content (AvgIpc) is 2.98. The van der Waals surface area contributed by atoms with Crippen LogP contribution in [0.4, 0.5) is 39.5 Å². The lowest BCUT2D eigenvalue weighted by Gasteiger charge is -2.27. The summed E-state index contributed by atoms with van der Waals surface area (Å²) in [6, 6.07) is 13.7. The largest absolute Gasteiger partial charge is 0.573 e. The molecular formula is C35H27F9O2. The highest BCUT2D eigenvalue weighted by molar-refractivity contribution is 5.71. The molecule has 0 N–H and O–H groups in total. The smallest absolute Gasteiger partial charge is 0.429 e. The van der Waals surface area contributed by atoms with Gasteiger partial charge in [-0.25, -0.2) is 17.6 Å². The van der Waals surface area contributed by atoms with E-state index >= 15 is 4.39 Å². The molecule has 4 aromatic rings. The molecule has 1 saturated carbocycles. The maximum Gasteiger partial charge on any atom is 0.573 e. The highest BCUT2D eigenvalue weighted by Crippen LogP contribution is 2.40. The van der Waals surface area contributed by atoms with Crippen LogP contribution in [0.5, 0.6) is 11.5 Å². The van der Waals surface area contributed by atoms with Gasteiger partial charge in [0.1, 0.15) is 28.8 Å². The molecule has 0 spiro atoms. The molecule has 0 amide bonds. The number of hydrogen-bond acceptors (Lipinski definition) is 2. The molecule has 0 bridgehead atoms. The number of halogens is 9. The number of hydrogen-bond donors (Lipinski definition) is 0. The van der Waals surface area contributed by atoms with Gasteiger partial charge in [-0.05, 0) is 97.0 Å².